The molecular weight excluding hydrogens is 320 g/mol. The zero-order chi connectivity index (χ0) is 18.1. The van der Waals surface area contributed by atoms with E-state index in [0.717, 1.165) is 32.4 Å². The Balaban J connectivity index is 1.77. The predicted molar refractivity (Wildman–Crippen MR) is 96.0 cm³/mol. The fourth-order valence-corrected chi connectivity index (χ4v) is 3.32. The average molecular weight is 352 g/mol. The Bertz CT molecular complexity index is 486. The summed E-state index contributed by atoms with van der Waals surface area (Å²) in [4.78, 5) is 25.7. The molecule has 0 aromatic rings. The van der Waals surface area contributed by atoms with Crippen LogP contribution in [0.5, 0.6) is 0 Å². The molecule has 0 spiro atoms. The van der Waals surface area contributed by atoms with Gasteiger partial charge in [0.2, 0.25) is 0 Å². The summed E-state index contributed by atoms with van der Waals surface area (Å²) in [5, 5.41) is 3.22. The van der Waals surface area contributed by atoms with Crippen LogP contribution in [0, 0.1) is 0 Å². The van der Waals surface area contributed by atoms with Crippen LogP contribution in [0.25, 0.3) is 0 Å². The number of rotatable bonds is 10. The molecule has 1 amide bonds. The number of cyclic esters (lactones) is 1. The highest BCUT2D eigenvalue weighted by Gasteiger charge is 2.40. The second-order valence-electron chi connectivity index (χ2n) is 7.10. The van der Waals surface area contributed by atoms with Gasteiger partial charge < -0.3 is 19.7 Å². The van der Waals surface area contributed by atoms with Gasteiger partial charge in [0, 0.05) is 26.2 Å². The number of unbranched alkanes of at least 4 members (excludes halogenated alkanes) is 5. The number of piperazine rings is 1. The van der Waals surface area contributed by atoms with E-state index < -0.39 is 5.60 Å². The highest BCUT2D eigenvalue weighted by molar-refractivity contribution is 5.86. The van der Waals surface area contributed by atoms with Crippen LogP contribution in [0.2, 0.25) is 0 Å². The minimum atomic E-state index is -0.731. The number of amides is 1. The van der Waals surface area contributed by atoms with Crippen molar-refractivity contribution in [3.05, 3.63) is 11.8 Å². The molecule has 2 aliphatic heterocycles. The molecule has 2 aliphatic rings. The molecule has 25 heavy (non-hydrogen) atoms. The van der Waals surface area contributed by atoms with E-state index in [0.29, 0.717) is 18.8 Å². The fourth-order valence-electron chi connectivity index (χ4n) is 3.32. The predicted octanol–water partition coefficient (Wildman–Crippen LogP) is 2.38. The summed E-state index contributed by atoms with van der Waals surface area (Å²) in [5.74, 6) is 0.0799. The fraction of sp³-hybridized carbons (Fsp3) is 0.789. The molecule has 6 heteroatoms. The zero-order valence-electron chi connectivity index (χ0n) is 15.6. The molecule has 1 unspecified atom stereocenters. The normalized spacial score (nSPS) is 23.4. The van der Waals surface area contributed by atoms with Gasteiger partial charge in [0.25, 0.3) is 5.91 Å². The van der Waals surface area contributed by atoms with E-state index in [2.05, 4.69) is 12.2 Å². The lowest BCUT2D eigenvalue weighted by Gasteiger charge is -2.29. The molecule has 0 radical (unpaired) electrons. The molecule has 6 nitrogen and oxygen atoms in total. The summed E-state index contributed by atoms with van der Waals surface area (Å²) in [6.07, 6.45) is 9.21. The maximum absolute atomic E-state index is 12.2. The van der Waals surface area contributed by atoms with Crippen molar-refractivity contribution < 1.29 is 19.1 Å². The molecule has 0 aromatic carbocycles. The summed E-state index contributed by atoms with van der Waals surface area (Å²) in [7, 11) is 0. The molecule has 0 bridgehead atoms. The topological polar surface area (TPSA) is 67.9 Å². The third-order valence-electron chi connectivity index (χ3n) is 4.92. The summed E-state index contributed by atoms with van der Waals surface area (Å²) in [6.45, 7) is 7.07. The van der Waals surface area contributed by atoms with E-state index in [-0.39, 0.29) is 18.5 Å². The zero-order valence-corrected chi connectivity index (χ0v) is 15.6. The number of esters is 1. The minimum Gasteiger partial charge on any atom is -0.484 e. The van der Waals surface area contributed by atoms with Crippen LogP contribution in [-0.4, -0.2) is 55.2 Å². The Morgan fingerprint density at radius 1 is 1.24 bits per heavy atom. The summed E-state index contributed by atoms with van der Waals surface area (Å²) < 4.78 is 11.2. The van der Waals surface area contributed by atoms with Crippen LogP contribution < -0.4 is 5.32 Å². The molecule has 1 fully saturated rings. The minimum absolute atomic E-state index is 0.0332. The van der Waals surface area contributed by atoms with Crippen LogP contribution >= 0.6 is 0 Å². The van der Waals surface area contributed by atoms with Crippen molar-refractivity contribution in [1.82, 2.24) is 10.2 Å². The molecule has 0 aliphatic carbocycles. The largest absolute Gasteiger partial charge is 0.484 e. The quantitative estimate of drug-likeness (QED) is 0.483. The van der Waals surface area contributed by atoms with Gasteiger partial charge in [0.1, 0.15) is 5.76 Å². The maximum atomic E-state index is 12.2. The molecule has 2 rings (SSSR count). The third-order valence-corrected chi connectivity index (χ3v) is 4.92. The first-order valence-corrected chi connectivity index (χ1v) is 9.61. The van der Waals surface area contributed by atoms with Gasteiger partial charge in [-0.25, -0.2) is 4.79 Å². The van der Waals surface area contributed by atoms with Gasteiger partial charge in [-0.05, 0) is 19.8 Å². The van der Waals surface area contributed by atoms with E-state index in [4.69, 9.17) is 9.47 Å². The van der Waals surface area contributed by atoms with E-state index >= 15 is 0 Å². The standard InChI is InChI=1S/C19H32N2O4/c1-3-4-5-6-7-8-9-19(2)16(14-18(23)25-19)24-15-17(22)21-12-10-20-11-13-21/h14,20H,3-13,15H2,1-2H3. The van der Waals surface area contributed by atoms with Crippen molar-refractivity contribution >= 4 is 11.9 Å². The van der Waals surface area contributed by atoms with Gasteiger partial charge in [-0.3, -0.25) is 4.79 Å². The first-order valence-electron chi connectivity index (χ1n) is 9.61. The average Bonchev–Trinajstić information content (AvgIpc) is 2.90. The molecule has 0 saturated carbocycles. The second-order valence-corrected chi connectivity index (χ2v) is 7.10. The lowest BCUT2D eigenvalue weighted by molar-refractivity contribution is -0.147. The molecule has 0 aromatic heterocycles. The van der Waals surface area contributed by atoms with E-state index in [1.54, 1.807) is 4.90 Å². The number of nitrogens with one attached hydrogen (secondary N) is 1. The van der Waals surface area contributed by atoms with Crippen LogP contribution in [0.15, 0.2) is 11.8 Å². The van der Waals surface area contributed by atoms with Crippen molar-refractivity contribution in [2.75, 3.05) is 32.8 Å². The van der Waals surface area contributed by atoms with Crippen molar-refractivity contribution in [1.29, 1.82) is 0 Å². The Labute approximate surface area is 150 Å². The van der Waals surface area contributed by atoms with Gasteiger partial charge in [-0.2, -0.15) is 0 Å². The first kappa shape index (κ1) is 19.8. The van der Waals surface area contributed by atoms with Gasteiger partial charge in [0.15, 0.2) is 12.2 Å². The smallest absolute Gasteiger partial charge is 0.335 e. The summed E-state index contributed by atoms with van der Waals surface area (Å²) in [6, 6.07) is 0. The first-order chi connectivity index (χ1) is 12.0. The van der Waals surface area contributed by atoms with E-state index in [9.17, 15) is 9.59 Å². The molecule has 1 saturated heterocycles. The van der Waals surface area contributed by atoms with Crippen LogP contribution in [0.4, 0.5) is 0 Å². The number of carbonyl (C=O) groups excluding carboxylic acids is 2. The molecule has 1 atom stereocenters. The Hall–Kier alpha value is -1.56. The molecule has 2 heterocycles. The Morgan fingerprint density at radius 3 is 2.64 bits per heavy atom. The van der Waals surface area contributed by atoms with Crippen molar-refractivity contribution in [2.45, 2.75) is 64.4 Å². The number of carbonyl (C=O) groups is 2. The summed E-state index contributed by atoms with van der Waals surface area (Å²) >= 11 is 0. The Kier molecular flexibility index (Phi) is 7.75. The monoisotopic (exact) mass is 352 g/mol. The number of hydrogen-bond acceptors (Lipinski definition) is 5. The highest BCUT2D eigenvalue weighted by atomic mass is 16.6. The van der Waals surface area contributed by atoms with Gasteiger partial charge >= 0.3 is 5.97 Å². The van der Waals surface area contributed by atoms with Crippen molar-refractivity contribution in [3.63, 3.8) is 0 Å². The molecular formula is C19H32N2O4. The van der Waals surface area contributed by atoms with Crippen LogP contribution in [-0.2, 0) is 19.1 Å². The SMILES string of the molecule is CCCCCCCCC1(C)OC(=O)C=C1OCC(=O)N1CCNCC1. The van der Waals surface area contributed by atoms with Crippen molar-refractivity contribution in [2.24, 2.45) is 0 Å². The molecule has 142 valence electrons. The third kappa shape index (κ3) is 6.03. The van der Waals surface area contributed by atoms with Crippen LogP contribution in [0.1, 0.15) is 58.8 Å². The van der Waals surface area contributed by atoms with Crippen LogP contribution in [0.3, 0.4) is 0 Å². The van der Waals surface area contributed by atoms with E-state index in [1.165, 1.54) is 31.8 Å². The number of nitrogens with zero attached hydrogens (tertiary/aromatic N) is 1. The van der Waals surface area contributed by atoms with Gasteiger partial charge in [-0.15, -0.1) is 0 Å². The van der Waals surface area contributed by atoms with E-state index in [1.807, 2.05) is 6.92 Å². The lowest BCUT2D eigenvalue weighted by atomic mass is 9.96. The van der Waals surface area contributed by atoms with Gasteiger partial charge in [-0.1, -0.05) is 39.0 Å². The summed E-state index contributed by atoms with van der Waals surface area (Å²) in [5.41, 5.74) is -0.731. The Morgan fingerprint density at radius 2 is 1.92 bits per heavy atom. The highest BCUT2D eigenvalue weighted by Crippen LogP contribution is 2.33. The number of hydrogen-bond donors (Lipinski definition) is 1. The van der Waals surface area contributed by atoms with Gasteiger partial charge in [0.05, 0.1) is 6.08 Å². The maximum Gasteiger partial charge on any atom is 0.335 e. The lowest BCUT2D eigenvalue weighted by Crippen LogP contribution is -2.47. The number of ether oxygens (including phenoxy) is 2. The second kappa shape index (κ2) is 9.80. The van der Waals surface area contributed by atoms with Crippen molar-refractivity contribution in [3.8, 4) is 0 Å². The molecule has 1 N–H and O–H groups in total.